The summed E-state index contributed by atoms with van der Waals surface area (Å²) in [5.74, 6) is -0.685. The van der Waals surface area contributed by atoms with Crippen LogP contribution in [0.3, 0.4) is 0 Å². The number of halogens is 1. The molecule has 0 radical (unpaired) electrons. The van der Waals surface area contributed by atoms with Crippen LogP contribution in [-0.4, -0.2) is 38.1 Å². The lowest BCUT2D eigenvalue weighted by atomic mass is 10.1. The Bertz CT molecular complexity index is 936. The maximum Gasteiger partial charge on any atom is 0.316 e. The number of hydrogen-bond acceptors (Lipinski definition) is 6. The molecule has 0 saturated heterocycles. The van der Waals surface area contributed by atoms with E-state index in [0.29, 0.717) is 23.0 Å². The molecule has 1 N–H and O–H groups in total. The summed E-state index contributed by atoms with van der Waals surface area (Å²) >= 11 is 1.10. The lowest BCUT2D eigenvalue weighted by molar-refractivity contribution is -0.139. The molecule has 0 aliphatic heterocycles. The molecule has 0 aliphatic rings. The van der Waals surface area contributed by atoms with Crippen LogP contribution in [-0.2, 0) is 9.53 Å². The summed E-state index contributed by atoms with van der Waals surface area (Å²) in [6.45, 7) is 2.02. The van der Waals surface area contributed by atoms with Gasteiger partial charge in [-0.2, -0.15) is 5.10 Å². The van der Waals surface area contributed by atoms with Crippen LogP contribution in [0.4, 0.5) is 4.39 Å². The average Bonchev–Trinajstić information content (AvgIpc) is 3.01. The standard InChI is InChI=1S/C15H13FN4O3S/c1-2-23-13(21)8-24-15-18-17-14(22)12-7-11(19-20(12)15)9-3-5-10(16)6-4-9/h3-7H,2,8H2,1H3,(H,17,22). The minimum Gasteiger partial charge on any atom is -0.465 e. The van der Waals surface area contributed by atoms with Gasteiger partial charge in [-0.05, 0) is 37.3 Å². The zero-order valence-corrected chi connectivity index (χ0v) is 13.5. The van der Waals surface area contributed by atoms with E-state index in [0.717, 1.165) is 11.8 Å². The van der Waals surface area contributed by atoms with E-state index in [1.165, 1.54) is 16.6 Å². The fourth-order valence-electron chi connectivity index (χ4n) is 2.07. The summed E-state index contributed by atoms with van der Waals surface area (Å²) in [7, 11) is 0. The summed E-state index contributed by atoms with van der Waals surface area (Å²) in [6.07, 6.45) is 0. The number of fused-ring (bicyclic) bond motifs is 1. The molecule has 0 bridgehead atoms. The highest BCUT2D eigenvalue weighted by atomic mass is 32.2. The van der Waals surface area contributed by atoms with E-state index in [9.17, 15) is 14.0 Å². The molecule has 0 unspecified atom stereocenters. The Hall–Kier alpha value is -2.68. The number of nitrogens with one attached hydrogen (secondary N) is 1. The Morgan fingerprint density at radius 3 is 2.83 bits per heavy atom. The van der Waals surface area contributed by atoms with E-state index in [1.807, 2.05) is 0 Å². The number of esters is 1. The molecule has 124 valence electrons. The van der Waals surface area contributed by atoms with E-state index < -0.39 is 5.56 Å². The van der Waals surface area contributed by atoms with Gasteiger partial charge in [-0.3, -0.25) is 9.59 Å². The molecule has 7 nitrogen and oxygen atoms in total. The van der Waals surface area contributed by atoms with Gasteiger partial charge in [0.25, 0.3) is 5.56 Å². The van der Waals surface area contributed by atoms with Crippen molar-refractivity contribution >= 4 is 23.2 Å². The highest BCUT2D eigenvalue weighted by Crippen LogP contribution is 2.21. The first-order chi connectivity index (χ1) is 11.6. The maximum absolute atomic E-state index is 13.0. The number of carbonyl (C=O) groups is 1. The second-order valence-electron chi connectivity index (χ2n) is 4.76. The fraction of sp³-hybridized carbons (Fsp3) is 0.200. The van der Waals surface area contributed by atoms with E-state index in [2.05, 4.69) is 15.3 Å². The molecular formula is C15H13FN4O3S. The summed E-state index contributed by atoms with van der Waals surface area (Å²) in [5, 5.41) is 11.0. The molecule has 0 amide bonds. The number of hydrogen-bond donors (Lipinski definition) is 1. The van der Waals surface area contributed by atoms with Gasteiger partial charge in [0.05, 0.1) is 18.1 Å². The van der Waals surface area contributed by atoms with Crippen molar-refractivity contribution in [3.63, 3.8) is 0 Å². The van der Waals surface area contributed by atoms with Crippen molar-refractivity contribution in [3.05, 3.63) is 46.5 Å². The van der Waals surface area contributed by atoms with Crippen molar-refractivity contribution in [1.82, 2.24) is 19.8 Å². The van der Waals surface area contributed by atoms with E-state index in [-0.39, 0.29) is 23.1 Å². The van der Waals surface area contributed by atoms with Crippen LogP contribution in [0.1, 0.15) is 6.92 Å². The Kier molecular flexibility index (Phi) is 4.61. The summed E-state index contributed by atoms with van der Waals surface area (Å²) in [4.78, 5) is 23.4. The van der Waals surface area contributed by atoms with Crippen LogP contribution < -0.4 is 5.56 Å². The number of thioether (sulfide) groups is 1. The van der Waals surface area contributed by atoms with Crippen molar-refractivity contribution < 1.29 is 13.9 Å². The number of carbonyl (C=O) groups excluding carboxylic acids is 1. The van der Waals surface area contributed by atoms with Crippen molar-refractivity contribution in [1.29, 1.82) is 0 Å². The van der Waals surface area contributed by atoms with Crippen molar-refractivity contribution in [2.24, 2.45) is 0 Å². The van der Waals surface area contributed by atoms with E-state index >= 15 is 0 Å². The topological polar surface area (TPSA) is 89.3 Å². The van der Waals surface area contributed by atoms with Crippen LogP contribution in [0.2, 0.25) is 0 Å². The minimum atomic E-state index is -0.406. The Balaban J connectivity index is 1.97. The SMILES string of the molecule is CCOC(=O)CSc1n[nH]c(=O)c2cc(-c3ccc(F)cc3)nn12. The van der Waals surface area contributed by atoms with Gasteiger partial charge in [0.2, 0.25) is 5.16 Å². The first-order valence-electron chi connectivity index (χ1n) is 7.11. The van der Waals surface area contributed by atoms with Gasteiger partial charge in [0, 0.05) is 5.56 Å². The van der Waals surface area contributed by atoms with Gasteiger partial charge in [0.15, 0.2) is 0 Å². The number of ether oxygens (including phenoxy) is 1. The summed E-state index contributed by atoms with van der Waals surface area (Å²) in [5.41, 5.74) is 1.05. The highest BCUT2D eigenvalue weighted by Gasteiger charge is 2.14. The van der Waals surface area contributed by atoms with Gasteiger partial charge in [0.1, 0.15) is 11.3 Å². The second kappa shape index (κ2) is 6.83. The third-order valence-electron chi connectivity index (χ3n) is 3.14. The van der Waals surface area contributed by atoms with Crippen molar-refractivity contribution in [2.75, 3.05) is 12.4 Å². The molecule has 3 aromatic rings. The third kappa shape index (κ3) is 3.30. The largest absolute Gasteiger partial charge is 0.465 e. The maximum atomic E-state index is 13.0. The van der Waals surface area contributed by atoms with Crippen LogP contribution in [0.25, 0.3) is 16.8 Å². The highest BCUT2D eigenvalue weighted by molar-refractivity contribution is 7.99. The monoisotopic (exact) mass is 348 g/mol. The van der Waals surface area contributed by atoms with Gasteiger partial charge >= 0.3 is 5.97 Å². The van der Waals surface area contributed by atoms with Gasteiger partial charge in [-0.25, -0.2) is 14.0 Å². The van der Waals surface area contributed by atoms with Crippen LogP contribution in [0.5, 0.6) is 0 Å². The minimum absolute atomic E-state index is 0.0493. The number of H-pyrrole nitrogens is 1. The fourth-order valence-corrected chi connectivity index (χ4v) is 2.78. The average molecular weight is 348 g/mol. The molecule has 0 fully saturated rings. The lowest BCUT2D eigenvalue weighted by Crippen LogP contribution is -2.15. The van der Waals surface area contributed by atoms with Crippen molar-refractivity contribution in [3.8, 4) is 11.3 Å². The molecule has 0 spiro atoms. The lowest BCUT2D eigenvalue weighted by Gasteiger charge is -2.02. The van der Waals surface area contributed by atoms with Crippen LogP contribution >= 0.6 is 11.8 Å². The quantitative estimate of drug-likeness (QED) is 0.559. The molecule has 3 rings (SSSR count). The molecule has 2 aromatic heterocycles. The smallest absolute Gasteiger partial charge is 0.316 e. The molecule has 0 atom stereocenters. The molecule has 2 heterocycles. The Labute approximate surface area is 139 Å². The molecular weight excluding hydrogens is 335 g/mol. The zero-order valence-electron chi connectivity index (χ0n) is 12.7. The van der Waals surface area contributed by atoms with Gasteiger partial charge in [-0.1, -0.05) is 11.8 Å². The number of nitrogens with zero attached hydrogens (tertiary/aromatic N) is 3. The number of aromatic amines is 1. The first-order valence-corrected chi connectivity index (χ1v) is 8.10. The Morgan fingerprint density at radius 1 is 1.38 bits per heavy atom. The number of benzene rings is 1. The predicted molar refractivity (Wildman–Crippen MR) is 86.4 cm³/mol. The van der Waals surface area contributed by atoms with Crippen LogP contribution in [0, 0.1) is 5.82 Å². The second-order valence-corrected chi connectivity index (χ2v) is 5.71. The Morgan fingerprint density at radius 2 is 2.12 bits per heavy atom. The molecule has 24 heavy (non-hydrogen) atoms. The third-order valence-corrected chi connectivity index (χ3v) is 4.04. The number of aromatic nitrogens is 4. The predicted octanol–water partition coefficient (Wildman–Crippen LogP) is 1.88. The van der Waals surface area contributed by atoms with E-state index in [4.69, 9.17) is 4.74 Å². The van der Waals surface area contributed by atoms with Crippen LogP contribution in [0.15, 0.2) is 40.3 Å². The first kappa shape index (κ1) is 16.2. The van der Waals surface area contributed by atoms with Gasteiger partial charge < -0.3 is 4.74 Å². The molecule has 0 aliphatic carbocycles. The summed E-state index contributed by atoms with van der Waals surface area (Å²) in [6, 6.07) is 7.37. The van der Waals surface area contributed by atoms with Gasteiger partial charge in [-0.15, -0.1) is 5.10 Å². The zero-order chi connectivity index (χ0) is 17.1. The number of rotatable bonds is 5. The molecule has 0 saturated carbocycles. The van der Waals surface area contributed by atoms with E-state index in [1.54, 1.807) is 25.1 Å². The molecule has 1 aromatic carbocycles. The normalized spacial score (nSPS) is 10.9. The summed E-state index contributed by atoms with van der Waals surface area (Å²) < 4.78 is 19.3. The van der Waals surface area contributed by atoms with Crippen molar-refractivity contribution in [2.45, 2.75) is 12.1 Å². The molecule has 9 heteroatoms.